The number of hydrogen-bond acceptors (Lipinski definition) is 2. The summed E-state index contributed by atoms with van der Waals surface area (Å²) in [6, 6.07) is 9.25. The summed E-state index contributed by atoms with van der Waals surface area (Å²) in [6.45, 7) is 0. The molecule has 0 heterocycles. The monoisotopic (exact) mass is 249 g/mol. The Morgan fingerprint density at radius 1 is 1.06 bits per heavy atom. The van der Waals surface area contributed by atoms with Crippen molar-refractivity contribution >= 4 is 6.09 Å². The fourth-order valence-electron chi connectivity index (χ4n) is 1.58. The minimum Gasteiger partial charge on any atom is -0.410 e. The molecule has 0 unspecified atom stereocenters. The van der Waals surface area contributed by atoms with Gasteiger partial charge in [-0.15, -0.1) is 0 Å². The van der Waals surface area contributed by atoms with Gasteiger partial charge in [0, 0.05) is 11.6 Å². The van der Waals surface area contributed by atoms with Gasteiger partial charge in [0.1, 0.15) is 17.4 Å². The number of primary amides is 1. The third kappa shape index (κ3) is 2.63. The summed E-state index contributed by atoms with van der Waals surface area (Å²) in [6.07, 6.45) is -1.06. The lowest BCUT2D eigenvalue weighted by Crippen LogP contribution is -2.16. The SMILES string of the molecule is NC(=O)Oc1cc(F)ccc1-c1cccc(F)c1. The van der Waals surface area contributed by atoms with E-state index >= 15 is 0 Å². The highest BCUT2D eigenvalue weighted by atomic mass is 19.1. The predicted octanol–water partition coefficient (Wildman–Crippen LogP) is 3.09. The molecule has 92 valence electrons. The van der Waals surface area contributed by atoms with Gasteiger partial charge in [0.25, 0.3) is 0 Å². The van der Waals surface area contributed by atoms with E-state index < -0.39 is 17.7 Å². The van der Waals surface area contributed by atoms with Gasteiger partial charge in [0.2, 0.25) is 0 Å². The van der Waals surface area contributed by atoms with Crippen LogP contribution in [-0.2, 0) is 0 Å². The summed E-state index contributed by atoms with van der Waals surface area (Å²) in [7, 11) is 0. The molecule has 2 aromatic rings. The molecule has 0 saturated carbocycles. The number of halogens is 2. The number of nitrogens with two attached hydrogens (primary N) is 1. The molecule has 3 nitrogen and oxygen atoms in total. The molecule has 18 heavy (non-hydrogen) atoms. The first-order valence-electron chi connectivity index (χ1n) is 5.09. The summed E-state index contributed by atoms with van der Waals surface area (Å²) in [5.74, 6) is -1.07. The molecule has 0 spiro atoms. The van der Waals surface area contributed by atoms with E-state index in [0.29, 0.717) is 11.1 Å². The van der Waals surface area contributed by atoms with Crippen LogP contribution in [0.4, 0.5) is 13.6 Å². The van der Waals surface area contributed by atoms with Crippen LogP contribution in [-0.4, -0.2) is 6.09 Å². The van der Waals surface area contributed by atoms with Crippen molar-refractivity contribution in [1.82, 2.24) is 0 Å². The van der Waals surface area contributed by atoms with Crippen molar-refractivity contribution in [2.75, 3.05) is 0 Å². The first kappa shape index (κ1) is 12.0. The molecular formula is C13H9F2NO2. The largest absolute Gasteiger partial charge is 0.410 e. The molecule has 2 N–H and O–H groups in total. The Balaban J connectivity index is 2.52. The van der Waals surface area contributed by atoms with Gasteiger partial charge in [-0.1, -0.05) is 12.1 Å². The summed E-state index contributed by atoms with van der Waals surface area (Å²) < 4.78 is 30.9. The standard InChI is InChI=1S/C13H9F2NO2/c14-9-3-1-2-8(6-9)11-5-4-10(15)7-12(11)18-13(16)17/h1-7H,(H2,16,17). The minimum absolute atomic E-state index is 0.0481. The molecule has 2 rings (SSSR count). The Hall–Kier alpha value is -2.43. The lowest BCUT2D eigenvalue weighted by Gasteiger charge is -2.09. The van der Waals surface area contributed by atoms with Crippen LogP contribution in [0.5, 0.6) is 5.75 Å². The summed E-state index contributed by atoms with van der Waals surface area (Å²) in [5, 5.41) is 0. The molecule has 0 bridgehead atoms. The third-order valence-corrected chi connectivity index (χ3v) is 2.29. The van der Waals surface area contributed by atoms with Crippen molar-refractivity contribution in [2.24, 2.45) is 5.73 Å². The van der Waals surface area contributed by atoms with Gasteiger partial charge < -0.3 is 10.5 Å². The normalized spacial score (nSPS) is 10.1. The van der Waals surface area contributed by atoms with Crippen molar-refractivity contribution in [3.8, 4) is 16.9 Å². The summed E-state index contributed by atoms with van der Waals surface area (Å²) >= 11 is 0. The fourth-order valence-corrected chi connectivity index (χ4v) is 1.58. The van der Waals surface area contributed by atoms with Gasteiger partial charge in [-0.25, -0.2) is 13.6 Å². The van der Waals surface area contributed by atoms with Crippen molar-refractivity contribution < 1.29 is 18.3 Å². The van der Waals surface area contributed by atoms with Gasteiger partial charge >= 0.3 is 6.09 Å². The zero-order valence-electron chi connectivity index (χ0n) is 9.19. The molecule has 0 aliphatic heterocycles. The highest BCUT2D eigenvalue weighted by molar-refractivity contribution is 5.76. The lowest BCUT2D eigenvalue weighted by molar-refractivity contribution is 0.211. The number of amides is 1. The smallest absolute Gasteiger partial charge is 0.409 e. The van der Waals surface area contributed by atoms with Gasteiger partial charge in [-0.05, 0) is 29.8 Å². The highest BCUT2D eigenvalue weighted by Crippen LogP contribution is 2.31. The van der Waals surface area contributed by atoms with E-state index in [9.17, 15) is 13.6 Å². The molecule has 0 aliphatic rings. The zero-order valence-corrected chi connectivity index (χ0v) is 9.19. The molecule has 0 aliphatic carbocycles. The van der Waals surface area contributed by atoms with E-state index in [1.54, 1.807) is 6.07 Å². The second kappa shape index (κ2) is 4.83. The van der Waals surface area contributed by atoms with Crippen molar-refractivity contribution in [2.45, 2.75) is 0 Å². The van der Waals surface area contributed by atoms with Crippen LogP contribution in [0.1, 0.15) is 0 Å². The number of benzene rings is 2. The first-order valence-corrected chi connectivity index (χ1v) is 5.09. The quantitative estimate of drug-likeness (QED) is 0.889. The van der Waals surface area contributed by atoms with Crippen molar-refractivity contribution in [3.63, 3.8) is 0 Å². The van der Waals surface area contributed by atoms with Crippen molar-refractivity contribution in [3.05, 3.63) is 54.1 Å². The Morgan fingerprint density at radius 3 is 2.44 bits per heavy atom. The van der Waals surface area contributed by atoms with Crippen LogP contribution in [0, 0.1) is 11.6 Å². The van der Waals surface area contributed by atoms with E-state index in [1.807, 2.05) is 0 Å². The van der Waals surface area contributed by atoms with Gasteiger partial charge in [0.15, 0.2) is 0 Å². The second-order valence-corrected chi connectivity index (χ2v) is 3.57. The number of ether oxygens (including phenoxy) is 1. The van der Waals surface area contributed by atoms with E-state index in [1.165, 1.54) is 30.3 Å². The molecular weight excluding hydrogens is 240 g/mol. The molecule has 1 amide bonds. The molecule has 0 fully saturated rings. The van der Waals surface area contributed by atoms with Crippen LogP contribution in [0.2, 0.25) is 0 Å². The topological polar surface area (TPSA) is 52.3 Å². The van der Waals surface area contributed by atoms with Crippen LogP contribution >= 0.6 is 0 Å². The summed E-state index contributed by atoms with van der Waals surface area (Å²) in [5.41, 5.74) is 5.74. The number of rotatable bonds is 2. The van der Waals surface area contributed by atoms with E-state index in [4.69, 9.17) is 10.5 Å². The minimum atomic E-state index is -1.06. The molecule has 5 heteroatoms. The Bertz CT molecular complexity index is 599. The molecule has 0 atom stereocenters. The van der Waals surface area contributed by atoms with Crippen LogP contribution in [0.15, 0.2) is 42.5 Å². The Kier molecular flexibility index (Phi) is 3.23. The van der Waals surface area contributed by atoms with Crippen molar-refractivity contribution in [1.29, 1.82) is 0 Å². The molecule has 0 saturated heterocycles. The highest BCUT2D eigenvalue weighted by Gasteiger charge is 2.10. The Morgan fingerprint density at radius 2 is 1.78 bits per heavy atom. The number of hydrogen-bond donors (Lipinski definition) is 1. The fraction of sp³-hybridized carbons (Fsp3) is 0. The average Bonchev–Trinajstić information content (AvgIpc) is 2.28. The number of carbonyl (C=O) groups is 1. The average molecular weight is 249 g/mol. The first-order chi connectivity index (χ1) is 8.56. The third-order valence-electron chi connectivity index (χ3n) is 2.29. The maximum atomic E-state index is 13.1. The maximum Gasteiger partial charge on any atom is 0.409 e. The van der Waals surface area contributed by atoms with Gasteiger partial charge in [-0.3, -0.25) is 0 Å². The van der Waals surface area contributed by atoms with E-state index in [2.05, 4.69) is 0 Å². The number of carbonyl (C=O) groups excluding carboxylic acids is 1. The zero-order chi connectivity index (χ0) is 13.1. The van der Waals surface area contributed by atoms with E-state index in [-0.39, 0.29) is 5.75 Å². The predicted molar refractivity (Wildman–Crippen MR) is 62.0 cm³/mol. The van der Waals surface area contributed by atoms with Crippen LogP contribution < -0.4 is 10.5 Å². The second-order valence-electron chi connectivity index (χ2n) is 3.57. The van der Waals surface area contributed by atoms with Gasteiger partial charge in [-0.2, -0.15) is 0 Å². The van der Waals surface area contributed by atoms with Crippen LogP contribution in [0.3, 0.4) is 0 Å². The van der Waals surface area contributed by atoms with Crippen LogP contribution in [0.25, 0.3) is 11.1 Å². The Labute approximate surface area is 102 Å². The van der Waals surface area contributed by atoms with E-state index in [0.717, 1.165) is 6.07 Å². The lowest BCUT2D eigenvalue weighted by atomic mass is 10.0. The molecule has 0 radical (unpaired) electrons. The summed E-state index contributed by atoms with van der Waals surface area (Å²) in [4.78, 5) is 10.7. The molecule has 2 aromatic carbocycles. The van der Waals surface area contributed by atoms with Gasteiger partial charge in [0.05, 0.1) is 0 Å². The molecule has 0 aromatic heterocycles. The maximum absolute atomic E-state index is 13.1.